The lowest BCUT2D eigenvalue weighted by Crippen LogP contribution is -2.24. The molecule has 0 spiro atoms. The number of anilines is 1. The third-order valence-electron chi connectivity index (χ3n) is 2.82. The molecule has 4 nitrogen and oxygen atoms in total. The first-order valence-corrected chi connectivity index (χ1v) is 5.48. The van der Waals surface area contributed by atoms with Crippen LogP contribution >= 0.6 is 0 Å². The molecule has 0 aliphatic heterocycles. The van der Waals surface area contributed by atoms with Crippen LogP contribution in [0.25, 0.3) is 0 Å². The van der Waals surface area contributed by atoms with E-state index in [1.807, 2.05) is 0 Å². The van der Waals surface area contributed by atoms with E-state index >= 15 is 0 Å². The molecule has 4 heteroatoms. The van der Waals surface area contributed by atoms with Crippen molar-refractivity contribution in [3.63, 3.8) is 0 Å². The molecule has 2 rings (SSSR count). The van der Waals surface area contributed by atoms with Gasteiger partial charge in [-0.05, 0) is 25.2 Å². The van der Waals surface area contributed by atoms with Crippen molar-refractivity contribution in [2.75, 3.05) is 5.73 Å². The SMILES string of the molecule is CC1CCCC(Oc2cnc(N)cn2)C1. The van der Waals surface area contributed by atoms with Crippen molar-refractivity contribution in [2.45, 2.75) is 38.7 Å². The molecule has 0 saturated heterocycles. The molecule has 0 radical (unpaired) electrons. The Balaban J connectivity index is 1.93. The van der Waals surface area contributed by atoms with Gasteiger partial charge in [-0.2, -0.15) is 0 Å². The van der Waals surface area contributed by atoms with Gasteiger partial charge in [-0.3, -0.25) is 0 Å². The molecule has 82 valence electrons. The summed E-state index contributed by atoms with van der Waals surface area (Å²) >= 11 is 0. The standard InChI is InChI=1S/C11H17N3O/c1-8-3-2-4-9(5-8)15-11-7-13-10(12)6-14-11/h6-9H,2-5H2,1H3,(H2,12,13). The van der Waals surface area contributed by atoms with E-state index in [-0.39, 0.29) is 0 Å². The predicted octanol–water partition coefficient (Wildman–Crippen LogP) is 2.02. The van der Waals surface area contributed by atoms with Crippen molar-refractivity contribution in [3.8, 4) is 5.88 Å². The van der Waals surface area contributed by atoms with Crippen LogP contribution in [0.2, 0.25) is 0 Å². The van der Waals surface area contributed by atoms with Gasteiger partial charge in [-0.25, -0.2) is 9.97 Å². The first-order chi connectivity index (χ1) is 7.24. The topological polar surface area (TPSA) is 61.0 Å². The lowest BCUT2D eigenvalue weighted by atomic mass is 9.89. The maximum atomic E-state index is 5.75. The molecule has 1 fully saturated rings. The minimum Gasteiger partial charge on any atom is -0.473 e. The van der Waals surface area contributed by atoms with Gasteiger partial charge in [0, 0.05) is 0 Å². The Bertz CT molecular complexity index is 312. The highest BCUT2D eigenvalue weighted by Gasteiger charge is 2.20. The third kappa shape index (κ3) is 2.81. The molecule has 1 aromatic rings. The molecular weight excluding hydrogens is 190 g/mol. The Morgan fingerprint density at radius 2 is 2.20 bits per heavy atom. The maximum Gasteiger partial charge on any atom is 0.232 e. The molecule has 0 aromatic carbocycles. The minimum atomic E-state index is 0.298. The van der Waals surface area contributed by atoms with Crippen LogP contribution in [0.3, 0.4) is 0 Å². The largest absolute Gasteiger partial charge is 0.473 e. The fourth-order valence-corrected chi connectivity index (χ4v) is 2.04. The summed E-state index contributed by atoms with van der Waals surface area (Å²) in [5.41, 5.74) is 5.45. The molecule has 1 aliphatic carbocycles. The van der Waals surface area contributed by atoms with E-state index in [0.29, 0.717) is 17.8 Å². The second-order valence-electron chi connectivity index (χ2n) is 4.29. The Morgan fingerprint density at radius 3 is 2.87 bits per heavy atom. The number of rotatable bonds is 2. The lowest BCUT2D eigenvalue weighted by Gasteiger charge is -2.26. The number of ether oxygens (including phenoxy) is 1. The summed E-state index contributed by atoms with van der Waals surface area (Å²) in [4.78, 5) is 8.04. The summed E-state index contributed by atoms with van der Waals surface area (Å²) < 4.78 is 5.75. The van der Waals surface area contributed by atoms with Gasteiger partial charge in [0.1, 0.15) is 11.9 Å². The van der Waals surface area contributed by atoms with Crippen LogP contribution in [0.15, 0.2) is 12.4 Å². The number of hydrogen-bond donors (Lipinski definition) is 1. The lowest BCUT2D eigenvalue weighted by molar-refractivity contribution is 0.123. The third-order valence-corrected chi connectivity index (χ3v) is 2.82. The summed E-state index contributed by atoms with van der Waals surface area (Å²) in [5, 5.41) is 0. The first-order valence-electron chi connectivity index (χ1n) is 5.48. The van der Waals surface area contributed by atoms with E-state index < -0.39 is 0 Å². The van der Waals surface area contributed by atoms with Gasteiger partial charge in [0.05, 0.1) is 12.4 Å². The Kier molecular flexibility index (Phi) is 3.04. The van der Waals surface area contributed by atoms with Crippen LogP contribution in [0.4, 0.5) is 5.82 Å². The van der Waals surface area contributed by atoms with Crippen LogP contribution in [-0.4, -0.2) is 16.1 Å². The highest BCUT2D eigenvalue weighted by molar-refractivity contribution is 5.24. The zero-order valence-electron chi connectivity index (χ0n) is 9.02. The van der Waals surface area contributed by atoms with Gasteiger partial charge in [0.25, 0.3) is 0 Å². The molecule has 1 aromatic heterocycles. The molecule has 15 heavy (non-hydrogen) atoms. The van der Waals surface area contributed by atoms with Crippen LogP contribution < -0.4 is 10.5 Å². The quantitative estimate of drug-likeness (QED) is 0.805. The number of hydrogen-bond acceptors (Lipinski definition) is 4. The van der Waals surface area contributed by atoms with Crippen LogP contribution in [0.1, 0.15) is 32.6 Å². The minimum absolute atomic E-state index is 0.298. The monoisotopic (exact) mass is 207 g/mol. The average molecular weight is 207 g/mol. The summed E-state index contributed by atoms with van der Waals surface area (Å²) in [6.07, 6.45) is 8.21. The number of nitrogen functional groups attached to an aromatic ring is 1. The maximum absolute atomic E-state index is 5.75. The van der Waals surface area contributed by atoms with E-state index in [1.54, 1.807) is 6.20 Å². The fourth-order valence-electron chi connectivity index (χ4n) is 2.04. The molecule has 1 aliphatic rings. The van der Waals surface area contributed by atoms with Crippen molar-refractivity contribution in [1.29, 1.82) is 0 Å². The van der Waals surface area contributed by atoms with Crippen LogP contribution in [0.5, 0.6) is 5.88 Å². The molecule has 1 saturated carbocycles. The molecule has 2 N–H and O–H groups in total. The van der Waals surface area contributed by atoms with Crippen molar-refractivity contribution in [2.24, 2.45) is 5.92 Å². The van der Waals surface area contributed by atoms with E-state index in [1.165, 1.54) is 19.0 Å². The van der Waals surface area contributed by atoms with Gasteiger partial charge in [0.15, 0.2) is 0 Å². The van der Waals surface area contributed by atoms with E-state index in [2.05, 4.69) is 16.9 Å². The van der Waals surface area contributed by atoms with Crippen LogP contribution in [0, 0.1) is 5.92 Å². The second kappa shape index (κ2) is 4.47. The fraction of sp³-hybridized carbons (Fsp3) is 0.636. The molecule has 1 heterocycles. The highest BCUT2D eigenvalue weighted by atomic mass is 16.5. The van der Waals surface area contributed by atoms with Crippen molar-refractivity contribution in [3.05, 3.63) is 12.4 Å². The summed E-state index contributed by atoms with van der Waals surface area (Å²) in [6, 6.07) is 0. The highest BCUT2D eigenvalue weighted by Crippen LogP contribution is 2.26. The van der Waals surface area contributed by atoms with Gasteiger partial charge >= 0.3 is 0 Å². The predicted molar refractivity (Wildman–Crippen MR) is 58.5 cm³/mol. The van der Waals surface area contributed by atoms with Gasteiger partial charge < -0.3 is 10.5 Å². The zero-order chi connectivity index (χ0) is 10.7. The number of nitrogens with zero attached hydrogens (tertiary/aromatic N) is 2. The smallest absolute Gasteiger partial charge is 0.232 e. The number of nitrogens with two attached hydrogens (primary N) is 1. The molecule has 0 amide bonds. The summed E-state index contributed by atoms with van der Waals surface area (Å²) in [7, 11) is 0. The van der Waals surface area contributed by atoms with Gasteiger partial charge in [-0.15, -0.1) is 0 Å². The molecular formula is C11H17N3O. The first kappa shape index (κ1) is 10.2. The Hall–Kier alpha value is -1.32. The van der Waals surface area contributed by atoms with Gasteiger partial charge in [-0.1, -0.05) is 13.3 Å². The molecule has 2 unspecified atom stereocenters. The zero-order valence-corrected chi connectivity index (χ0v) is 9.02. The van der Waals surface area contributed by atoms with E-state index in [0.717, 1.165) is 18.8 Å². The van der Waals surface area contributed by atoms with Gasteiger partial charge in [0.2, 0.25) is 5.88 Å². The number of aromatic nitrogens is 2. The second-order valence-corrected chi connectivity index (χ2v) is 4.29. The van der Waals surface area contributed by atoms with Crippen molar-refractivity contribution >= 4 is 5.82 Å². The van der Waals surface area contributed by atoms with Crippen LogP contribution in [-0.2, 0) is 0 Å². The Morgan fingerprint density at radius 1 is 1.33 bits per heavy atom. The van der Waals surface area contributed by atoms with Crippen molar-refractivity contribution < 1.29 is 4.74 Å². The molecule has 2 atom stereocenters. The summed E-state index contributed by atoms with van der Waals surface area (Å²) in [5.74, 6) is 1.77. The Labute approximate surface area is 89.9 Å². The van der Waals surface area contributed by atoms with E-state index in [9.17, 15) is 0 Å². The molecule has 0 bridgehead atoms. The average Bonchev–Trinajstić information content (AvgIpc) is 2.22. The summed E-state index contributed by atoms with van der Waals surface area (Å²) in [6.45, 7) is 2.27. The normalized spacial score (nSPS) is 26.2. The van der Waals surface area contributed by atoms with Crippen molar-refractivity contribution in [1.82, 2.24) is 9.97 Å². The van der Waals surface area contributed by atoms with E-state index in [4.69, 9.17) is 10.5 Å².